The first-order chi connectivity index (χ1) is 11.4. The fourth-order valence-corrected chi connectivity index (χ4v) is 3.71. The lowest BCUT2D eigenvalue weighted by molar-refractivity contribution is -0.384. The molecule has 0 bridgehead atoms. The first-order valence-corrected chi connectivity index (χ1v) is 8.53. The van der Waals surface area contributed by atoms with Gasteiger partial charge >= 0.3 is 7.60 Å². The SMILES string of the molecule is COP(=O)(OC)C(c1ccc([N+](=O)[O-])cc1)N(O)c1ccccc1. The third kappa shape index (κ3) is 3.63. The molecule has 1 unspecified atom stereocenters. The fraction of sp³-hybridized carbons (Fsp3) is 0.200. The summed E-state index contributed by atoms with van der Waals surface area (Å²) in [6, 6.07) is 13.7. The molecule has 2 rings (SSSR count). The number of hydrogen-bond donors (Lipinski definition) is 1. The third-order valence-electron chi connectivity index (χ3n) is 3.46. The van der Waals surface area contributed by atoms with Crippen molar-refractivity contribution in [2.45, 2.75) is 5.78 Å². The molecule has 0 saturated heterocycles. The van der Waals surface area contributed by atoms with Crippen LogP contribution in [0, 0.1) is 10.1 Å². The largest absolute Gasteiger partial charge is 0.359 e. The number of benzene rings is 2. The highest BCUT2D eigenvalue weighted by atomic mass is 31.2. The van der Waals surface area contributed by atoms with E-state index in [0.29, 0.717) is 11.3 Å². The monoisotopic (exact) mass is 352 g/mol. The normalized spacial score (nSPS) is 12.6. The standard InChI is InChI=1S/C15H17N2O6P/c1-22-24(21,23-2)15(16(18)13-6-4-3-5-7-13)12-8-10-14(11-9-12)17(19)20/h3-11,15,18H,1-2H3. The molecule has 0 heterocycles. The lowest BCUT2D eigenvalue weighted by Gasteiger charge is -2.31. The maximum atomic E-state index is 12.9. The maximum Gasteiger partial charge on any atom is 0.359 e. The second-order valence-electron chi connectivity index (χ2n) is 4.81. The zero-order chi connectivity index (χ0) is 17.7. The van der Waals surface area contributed by atoms with E-state index >= 15 is 0 Å². The van der Waals surface area contributed by atoms with Gasteiger partial charge in [0, 0.05) is 26.4 Å². The third-order valence-corrected chi connectivity index (χ3v) is 5.60. The number of para-hydroxylation sites is 1. The highest BCUT2D eigenvalue weighted by Crippen LogP contribution is 2.61. The predicted octanol–water partition coefficient (Wildman–Crippen LogP) is 3.98. The minimum absolute atomic E-state index is 0.119. The van der Waals surface area contributed by atoms with Gasteiger partial charge < -0.3 is 9.05 Å². The first kappa shape index (κ1) is 18.1. The van der Waals surface area contributed by atoms with Crippen LogP contribution in [0.4, 0.5) is 11.4 Å². The molecule has 9 heteroatoms. The Hall–Kier alpha value is -2.25. The molecular weight excluding hydrogens is 335 g/mol. The van der Waals surface area contributed by atoms with E-state index in [1.54, 1.807) is 30.3 Å². The number of rotatable bonds is 7. The molecular formula is C15H17N2O6P. The Kier molecular flexibility index (Phi) is 5.69. The topological polar surface area (TPSA) is 102 Å². The zero-order valence-corrected chi connectivity index (χ0v) is 14.0. The van der Waals surface area contributed by atoms with E-state index in [0.717, 1.165) is 5.06 Å². The summed E-state index contributed by atoms with van der Waals surface area (Å²) in [6.45, 7) is 0. The van der Waals surface area contributed by atoms with Crippen molar-refractivity contribution < 1.29 is 23.7 Å². The number of anilines is 1. The molecule has 8 nitrogen and oxygen atoms in total. The van der Waals surface area contributed by atoms with Crippen molar-refractivity contribution in [1.82, 2.24) is 0 Å². The highest BCUT2D eigenvalue weighted by molar-refractivity contribution is 7.54. The lowest BCUT2D eigenvalue weighted by atomic mass is 10.2. The van der Waals surface area contributed by atoms with Crippen molar-refractivity contribution in [1.29, 1.82) is 0 Å². The predicted molar refractivity (Wildman–Crippen MR) is 88.2 cm³/mol. The minimum atomic E-state index is -3.77. The second kappa shape index (κ2) is 7.55. The summed E-state index contributed by atoms with van der Waals surface area (Å²) < 4.78 is 22.9. The average Bonchev–Trinajstić information content (AvgIpc) is 2.62. The van der Waals surface area contributed by atoms with E-state index < -0.39 is 18.3 Å². The van der Waals surface area contributed by atoms with E-state index in [1.165, 1.54) is 38.5 Å². The summed E-state index contributed by atoms with van der Waals surface area (Å²) in [5.41, 5.74) is 0.598. The number of hydroxylamine groups is 1. The number of nitrogens with zero attached hydrogens (tertiary/aromatic N) is 2. The summed E-state index contributed by atoms with van der Waals surface area (Å²) in [4.78, 5) is 10.2. The molecule has 0 spiro atoms. The number of nitro benzene ring substituents is 1. The number of hydrogen-bond acceptors (Lipinski definition) is 7. The number of non-ortho nitro benzene ring substituents is 1. The van der Waals surface area contributed by atoms with Crippen LogP contribution in [0.3, 0.4) is 0 Å². The van der Waals surface area contributed by atoms with E-state index in [2.05, 4.69) is 0 Å². The average molecular weight is 352 g/mol. The van der Waals surface area contributed by atoms with Crippen LogP contribution < -0.4 is 5.06 Å². The summed E-state index contributed by atoms with van der Waals surface area (Å²) in [5, 5.41) is 22.1. The van der Waals surface area contributed by atoms with Crippen LogP contribution in [-0.2, 0) is 13.6 Å². The summed E-state index contributed by atoms with van der Waals surface area (Å²) in [5.74, 6) is -1.18. The molecule has 2 aromatic rings. The Morgan fingerprint density at radius 2 is 1.62 bits per heavy atom. The van der Waals surface area contributed by atoms with Crippen molar-refractivity contribution in [3.05, 3.63) is 70.3 Å². The van der Waals surface area contributed by atoms with Gasteiger partial charge in [-0.25, -0.2) is 5.06 Å². The van der Waals surface area contributed by atoms with Gasteiger partial charge in [0.05, 0.1) is 10.6 Å². The Bertz CT molecular complexity index is 729. The van der Waals surface area contributed by atoms with Crippen LogP contribution in [0.2, 0.25) is 0 Å². The molecule has 0 aromatic heterocycles. The van der Waals surface area contributed by atoms with Crippen LogP contribution >= 0.6 is 7.60 Å². The molecule has 0 aliphatic rings. The van der Waals surface area contributed by atoms with Gasteiger partial charge in [-0.3, -0.25) is 19.9 Å². The molecule has 0 amide bonds. The molecule has 0 saturated carbocycles. The Balaban J connectivity index is 2.51. The molecule has 24 heavy (non-hydrogen) atoms. The minimum Gasteiger partial charge on any atom is -0.310 e. The van der Waals surface area contributed by atoms with Crippen LogP contribution in [0.5, 0.6) is 0 Å². The van der Waals surface area contributed by atoms with Crippen LogP contribution in [-0.4, -0.2) is 24.4 Å². The summed E-state index contributed by atoms with van der Waals surface area (Å²) >= 11 is 0. The van der Waals surface area contributed by atoms with E-state index in [4.69, 9.17) is 9.05 Å². The maximum absolute atomic E-state index is 12.9. The van der Waals surface area contributed by atoms with Gasteiger partial charge in [-0.05, 0) is 29.8 Å². The smallest absolute Gasteiger partial charge is 0.310 e. The van der Waals surface area contributed by atoms with Crippen LogP contribution in [0.15, 0.2) is 54.6 Å². The second-order valence-corrected chi connectivity index (χ2v) is 7.11. The van der Waals surface area contributed by atoms with Gasteiger partial charge in [0.25, 0.3) is 5.69 Å². The molecule has 1 atom stereocenters. The van der Waals surface area contributed by atoms with E-state index in [9.17, 15) is 19.9 Å². The van der Waals surface area contributed by atoms with Gasteiger partial charge in [-0.15, -0.1) is 0 Å². The zero-order valence-electron chi connectivity index (χ0n) is 13.1. The molecule has 2 aromatic carbocycles. The van der Waals surface area contributed by atoms with Gasteiger partial charge in [0.1, 0.15) is 0 Å². The summed E-state index contributed by atoms with van der Waals surface area (Å²) in [7, 11) is -1.35. The van der Waals surface area contributed by atoms with E-state index in [1.807, 2.05) is 0 Å². The van der Waals surface area contributed by atoms with Crippen molar-refractivity contribution >= 4 is 19.0 Å². The van der Waals surface area contributed by atoms with Gasteiger partial charge in [-0.2, -0.15) is 0 Å². The molecule has 128 valence electrons. The molecule has 1 N–H and O–H groups in total. The molecule has 0 aliphatic carbocycles. The Labute approximate surface area is 138 Å². The van der Waals surface area contributed by atoms with Crippen molar-refractivity contribution in [2.75, 3.05) is 19.3 Å². The molecule has 0 aliphatic heterocycles. The molecule has 0 radical (unpaired) electrons. The van der Waals surface area contributed by atoms with Crippen molar-refractivity contribution in [2.24, 2.45) is 0 Å². The van der Waals surface area contributed by atoms with Gasteiger partial charge in [0.15, 0.2) is 5.78 Å². The molecule has 0 fully saturated rings. The van der Waals surface area contributed by atoms with Crippen LogP contribution in [0.1, 0.15) is 11.3 Å². The quantitative estimate of drug-likeness (QED) is 0.457. The van der Waals surface area contributed by atoms with Gasteiger partial charge in [-0.1, -0.05) is 18.2 Å². The van der Waals surface area contributed by atoms with Gasteiger partial charge in [0.2, 0.25) is 0 Å². The fourth-order valence-electron chi connectivity index (χ4n) is 2.22. The van der Waals surface area contributed by atoms with Crippen LogP contribution in [0.25, 0.3) is 0 Å². The Morgan fingerprint density at radius 1 is 1.08 bits per heavy atom. The lowest BCUT2D eigenvalue weighted by Crippen LogP contribution is -2.26. The summed E-state index contributed by atoms with van der Waals surface area (Å²) in [6.07, 6.45) is 0. The van der Waals surface area contributed by atoms with E-state index in [-0.39, 0.29) is 5.69 Å². The van der Waals surface area contributed by atoms with Crippen molar-refractivity contribution in [3.8, 4) is 0 Å². The highest BCUT2D eigenvalue weighted by Gasteiger charge is 2.40. The first-order valence-electron chi connectivity index (χ1n) is 6.91. The number of nitro groups is 1. The van der Waals surface area contributed by atoms with Crippen molar-refractivity contribution in [3.63, 3.8) is 0 Å². The Morgan fingerprint density at radius 3 is 2.08 bits per heavy atom.